The maximum atomic E-state index is 10.7. The molecule has 0 spiro atoms. The van der Waals surface area contributed by atoms with Crippen molar-refractivity contribution in [3.8, 4) is 51.7 Å². The fourth-order valence-corrected chi connectivity index (χ4v) is 10.1. The topological polar surface area (TPSA) is 423 Å². The zero-order chi connectivity index (χ0) is 72.6. The Morgan fingerprint density at radius 1 is 0.245 bits per heavy atom. The number of carbonyl (C=O) groups excluding carboxylic acids is 3. The first-order valence-electron chi connectivity index (χ1n) is 35.9. The van der Waals surface area contributed by atoms with E-state index in [9.17, 15) is 59.4 Å². The van der Waals surface area contributed by atoms with Crippen molar-refractivity contribution in [3.05, 3.63) is 53.1 Å². The number of phenols is 6. The molecule has 3 rings (SSSR count). The number of carboxylic acid groups (broad SMARTS) is 6. The maximum absolute atomic E-state index is 10.7. The number of benzene rings is 3. The predicted molar refractivity (Wildman–Crippen MR) is 362 cm³/mol. The van der Waals surface area contributed by atoms with E-state index >= 15 is 0 Å². The van der Waals surface area contributed by atoms with Gasteiger partial charge >= 0.3 is 52.0 Å². The van der Waals surface area contributed by atoms with Gasteiger partial charge in [-0.1, -0.05) is 290 Å². The molecular weight excluding hydrogens is 1350 g/mol. The van der Waals surface area contributed by atoms with E-state index in [2.05, 4.69) is 20.8 Å². The summed E-state index contributed by atoms with van der Waals surface area (Å²) in [7, 11) is 0. The first kappa shape index (κ1) is 100. The van der Waals surface area contributed by atoms with Crippen molar-refractivity contribution in [2.24, 2.45) is 0 Å². The van der Waals surface area contributed by atoms with Crippen molar-refractivity contribution in [2.45, 2.75) is 329 Å². The third-order valence-electron chi connectivity index (χ3n) is 15.8. The number of aromatic hydroxyl groups is 6. The van der Waals surface area contributed by atoms with E-state index < -0.39 is 87.6 Å². The Hall–Kier alpha value is -6.28. The van der Waals surface area contributed by atoms with Crippen LogP contribution in [0.25, 0.3) is 0 Å². The van der Waals surface area contributed by atoms with Gasteiger partial charge in [0.15, 0.2) is 0 Å². The number of hydrogen-bond acceptors (Lipinski definition) is 18. The molecule has 562 valence electrons. The van der Waals surface area contributed by atoms with E-state index in [0.717, 1.165) is 74.9 Å². The fraction of sp³-hybridized carbons (Fsp3) is 0.680. The van der Waals surface area contributed by atoms with Crippen LogP contribution in [0.3, 0.4) is 0 Å². The maximum Gasteiger partial charge on any atom is 3.00 e. The number of unbranched alkanes of at least 4 members (excludes halogenated alkanes) is 42. The fourth-order valence-electron chi connectivity index (χ4n) is 10.1. The van der Waals surface area contributed by atoms with Crippen LogP contribution in [0.5, 0.6) is 51.7 Å². The third kappa shape index (κ3) is 64.4. The van der Waals surface area contributed by atoms with E-state index in [-0.39, 0.29) is 70.1 Å². The number of rotatable bonds is 51. The SMILES string of the molecule is CCCCCCCCCCCCCCCCCC(=O)[O-].CCCCCCCCCCCCCCCCCC(=O)[O-].CCCCCCCCCCCCCCCCCC(=O)[O-].O=C(O)c1cc(O)c([O-])c(O)c1.O=C(O)c1cc(O)c([O-])c(O)c1.O=C(O)c1cc(O)c([O-])c(O)c1.[Fe+3].[Fe+3]. The molecule has 0 aliphatic carbocycles. The minimum atomic E-state index is -1.32. The summed E-state index contributed by atoms with van der Waals surface area (Å²) in [6, 6.07) is 4.69. The van der Waals surface area contributed by atoms with Gasteiger partial charge in [-0.15, -0.1) is 0 Å². The molecule has 0 amide bonds. The molecule has 0 aliphatic heterocycles. The Labute approximate surface area is 605 Å². The van der Waals surface area contributed by atoms with Crippen LogP contribution < -0.4 is 30.6 Å². The molecular formula is C75H120Fe2O21. The Morgan fingerprint density at radius 3 is 0.459 bits per heavy atom. The minimum absolute atomic E-state index is 0. The van der Waals surface area contributed by atoms with E-state index in [4.69, 9.17) is 46.0 Å². The molecule has 3 aromatic rings. The second-order valence-corrected chi connectivity index (χ2v) is 24.7. The molecule has 0 bridgehead atoms. The molecule has 98 heavy (non-hydrogen) atoms. The molecule has 0 unspecified atom stereocenters. The Morgan fingerprint density at radius 2 is 0.357 bits per heavy atom. The zero-order valence-corrected chi connectivity index (χ0v) is 61.2. The Bertz CT molecular complexity index is 2140. The van der Waals surface area contributed by atoms with Gasteiger partial charge in [-0.05, 0) is 92.2 Å². The van der Waals surface area contributed by atoms with Crippen molar-refractivity contribution in [1.29, 1.82) is 0 Å². The number of aromatic carboxylic acids is 3. The van der Waals surface area contributed by atoms with Crippen LogP contribution >= 0.6 is 0 Å². The smallest absolute Gasteiger partial charge is 0.867 e. The summed E-state index contributed by atoms with van der Waals surface area (Å²) in [6.07, 6.45) is 59.6. The molecule has 9 N–H and O–H groups in total. The quantitative estimate of drug-likeness (QED) is 0.0187. The normalized spacial score (nSPS) is 10.2. The summed E-state index contributed by atoms with van der Waals surface area (Å²) in [6.45, 7) is 6.80. The van der Waals surface area contributed by atoms with Crippen molar-refractivity contribution in [2.75, 3.05) is 0 Å². The molecule has 21 nitrogen and oxygen atoms in total. The van der Waals surface area contributed by atoms with E-state index in [1.807, 2.05) is 0 Å². The third-order valence-corrected chi connectivity index (χ3v) is 15.8. The number of hydrogen-bond donors (Lipinski definition) is 9. The van der Waals surface area contributed by atoms with Crippen LogP contribution in [-0.4, -0.2) is 81.8 Å². The van der Waals surface area contributed by atoms with E-state index in [1.165, 1.54) is 250 Å². The van der Waals surface area contributed by atoms with Gasteiger partial charge in [0, 0.05) is 17.9 Å². The second kappa shape index (κ2) is 70.6. The second-order valence-electron chi connectivity index (χ2n) is 24.7. The predicted octanol–water partition coefficient (Wildman–Crippen LogP) is 14.6. The molecule has 0 aliphatic rings. The number of phenolic OH excluding ortho intramolecular Hbond substituents is 6. The Kier molecular flexibility index (Phi) is 72.3. The van der Waals surface area contributed by atoms with Gasteiger partial charge in [-0.25, -0.2) is 14.4 Å². The standard InChI is InChI=1S/3C18H36O2.3C7H6O5.2Fe/c3*1-2-3-4-5-6-7-8-9-10-11-12-13-14-15-16-17-18(19)20;3*8-4-1-3(7(11)12)2-5(9)6(4)10;;/h3*2-17H2,1H3,(H,19,20);3*1-2,8-10H,(H,11,12);;/q;;;;;;2*+3/p-6. The largest absolute Gasteiger partial charge is 3.00 e. The summed E-state index contributed by atoms with van der Waals surface area (Å²) in [5.41, 5.74) is -0.987. The summed E-state index contributed by atoms with van der Waals surface area (Å²) < 4.78 is 0. The molecule has 3 aromatic carbocycles. The van der Waals surface area contributed by atoms with Gasteiger partial charge in [0.2, 0.25) is 0 Å². The van der Waals surface area contributed by atoms with Crippen LogP contribution in [0.4, 0.5) is 0 Å². The number of aliphatic carboxylic acids is 3. The summed E-state index contributed by atoms with van der Waals surface area (Å²) in [5.74, 6) is -14.2. The van der Waals surface area contributed by atoms with Gasteiger partial charge in [0.1, 0.15) is 34.5 Å². The summed E-state index contributed by atoms with van der Waals surface area (Å²) >= 11 is 0. The van der Waals surface area contributed by atoms with Crippen molar-refractivity contribution >= 4 is 35.8 Å². The summed E-state index contributed by atoms with van der Waals surface area (Å²) in [5, 5.41) is 141. The molecule has 23 heteroatoms. The van der Waals surface area contributed by atoms with Gasteiger partial charge in [-0.2, -0.15) is 0 Å². The van der Waals surface area contributed by atoms with E-state index in [0.29, 0.717) is 0 Å². The van der Waals surface area contributed by atoms with E-state index in [1.54, 1.807) is 0 Å². The average molecular weight is 1470 g/mol. The van der Waals surface area contributed by atoms with Crippen LogP contribution in [0, 0.1) is 0 Å². The number of carbonyl (C=O) groups is 6. The Balaban J connectivity index is -0.000000356. The molecule has 0 fully saturated rings. The van der Waals surface area contributed by atoms with Gasteiger partial charge in [-0.3, -0.25) is 0 Å². The molecule has 2 radical (unpaired) electrons. The van der Waals surface area contributed by atoms with Crippen molar-refractivity contribution in [3.63, 3.8) is 0 Å². The molecule has 0 atom stereocenters. The average Bonchev–Trinajstić information content (AvgIpc) is 0.873. The minimum Gasteiger partial charge on any atom is -0.867 e. The van der Waals surface area contributed by atoms with Gasteiger partial charge in [0.25, 0.3) is 0 Å². The summed E-state index contributed by atoms with van der Waals surface area (Å²) in [4.78, 5) is 61.5. The van der Waals surface area contributed by atoms with Gasteiger partial charge in [0.05, 0.1) is 16.7 Å². The van der Waals surface area contributed by atoms with Crippen LogP contribution in [0.2, 0.25) is 0 Å². The molecule has 0 aromatic heterocycles. The zero-order valence-electron chi connectivity index (χ0n) is 59.0. The van der Waals surface area contributed by atoms with Crippen LogP contribution in [0.1, 0.15) is 360 Å². The first-order valence-corrected chi connectivity index (χ1v) is 35.9. The monoisotopic (exact) mass is 1470 g/mol. The van der Waals surface area contributed by atoms with Crippen LogP contribution in [-0.2, 0) is 48.5 Å². The van der Waals surface area contributed by atoms with Crippen LogP contribution in [0.15, 0.2) is 36.4 Å². The first-order chi connectivity index (χ1) is 45.9. The van der Waals surface area contributed by atoms with Crippen molar-refractivity contribution < 1.29 is 140 Å². The van der Waals surface area contributed by atoms with Gasteiger partial charge < -0.3 is 91.0 Å². The number of carboxylic acids is 6. The van der Waals surface area contributed by atoms with Crippen molar-refractivity contribution in [1.82, 2.24) is 0 Å². The molecule has 0 saturated heterocycles. The molecule has 0 heterocycles. The molecule has 0 saturated carbocycles.